The van der Waals surface area contributed by atoms with Gasteiger partial charge in [-0.15, -0.1) is 11.8 Å². The van der Waals surface area contributed by atoms with Crippen molar-refractivity contribution < 1.29 is 19.4 Å². The number of rotatable bonds is 7. The van der Waals surface area contributed by atoms with Gasteiger partial charge in [-0.3, -0.25) is 9.59 Å². The lowest BCUT2D eigenvalue weighted by Crippen LogP contribution is -2.38. The van der Waals surface area contributed by atoms with Crippen LogP contribution in [0, 0.1) is 0 Å². The predicted octanol–water partition coefficient (Wildman–Crippen LogP) is 1.58. The van der Waals surface area contributed by atoms with Crippen LogP contribution in [0.15, 0.2) is 29.2 Å². The molecule has 5 nitrogen and oxygen atoms in total. The van der Waals surface area contributed by atoms with Gasteiger partial charge in [0.2, 0.25) is 0 Å². The molecule has 0 radical (unpaired) electrons. The van der Waals surface area contributed by atoms with E-state index >= 15 is 0 Å². The van der Waals surface area contributed by atoms with Gasteiger partial charge in [0.05, 0.1) is 12.2 Å². The molecule has 104 valence electrons. The molecule has 0 bridgehead atoms. The first-order valence-electron chi connectivity index (χ1n) is 5.73. The zero-order valence-corrected chi connectivity index (χ0v) is 11.8. The van der Waals surface area contributed by atoms with Gasteiger partial charge in [-0.2, -0.15) is 0 Å². The number of carboxylic acid groups (broad SMARTS) is 1. The number of hydrogen-bond donors (Lipinski definition) is 1. The Morgan fingerprint density at radius 3 is 2.63 bits per heavy atom. The average molecular weight is 283 g/mol. The standard InChI is InChI=1S/C13H17NO4S/c1-18-8-7-14(9-12(15)16)13(17)10-5-3-4-6-11(10)19-2/h3-6H,7-9H2,1-2H3,(H,15,16). The van der Waals surface area contributed by atoms with Crippen molar-refractivity contribution in [3.05, 3.63) is 29.8 Å². The van der Waals surface area contributed by atoms with Crippen molar-refractivity contribution in [2.45, 2.75) is 4.90 Å². The first kappa shape index (κ1) is 15.5. The van der Waals surface area contributed by atoms with E-state index < -0.39 is 5.97 Å². The van der Waals surface area contributed by atoms with E-state index in [0.717, 1.165) is 4.90 Å². The summed E-state index contributed by atoms with van der Waals surface area (Å²) in [6, 6.07) is 7.16. The first-order chi connectivity index (χ1) is 9.10. The molecule has 6 heteroatoms. The number of methoxy groups -OCH3 is 1. The third kappa shape index (κ3) is 4.57. The minimum absolute atomic E-state index is 0.254. The molecule has 0 fully saturated rings. The number of carboxylic acids is 1. The van der Waals surface area contributed by atoms with E-state index in [-0.39, 0.29) is 19.0 Å². The number of carbonyl (C=O) groups is 2. The smallest absolute Gasteiger partial charge is 0.323 e. The Kier molecular flexibility index (Phi) is 6.38. The van der Waals surface area contributed by atoms with Gasteiger partial charge in [0.25, 0.3) is 5.91 Å². The highest BCUT2D eigenvalue weighted by molar-refractivity contribution is 7.98. The summed E-state index contributed by atoms with van der Waals surface area (Å²) in [6.45, 7) is 0.232. The van der Waals surface area contributed by atoms with Crippen LogP contribution in [0.5, 0.6) is 0 Å². The molecule has 0 saturated heterocycles. The van der Waals surface area contributed by atoms with Crippen molar-refractivity contribution in [2.75, 3.05) is 33.1 Å². The van der Waals surface area contributed by atoms with Crippen molar-refractivity contribution in [3.8, 4) is 0 Å². The second kappa shape index (κ2) is 7.81. The Morgan fingerprint density at radius 2 is 2.05 bits per heavy atom. The van der Waals surface area contributed by atoms with E-state index in [1.54, 1.807) is 12.1 Å². The van der Waals surface area contributed by atoms with Crippen LogP contribution < -0.4 is 0 Å². The van der Waals surface area contributed by atoms with Crippen LogP contribution in [0.1, 0.15) is 10.4 Å². The molecular weight excluding hydrogens is 266 g/mol. The average Bonchev–Trinajstić information content (AvgIpc) is 2.42. The van der Waals surface area contributed by atoms with Crippen molar-refractivity contribution >= 4 is 23.6 Å². The molecule has 0 aliphatic carbocycles. The lowest BCUT2D eigenvalue weighted by Gasteiger charge is -2.21. The van der Waals surface area contributed by atoms with Crippen molar-refractivity contribution in [1.82, 2.24) is 4.90 Å². The summed E-state index contributed by atoms with van der Waals surface area (Å²) in [5, 5.41) is 8.87. The van der Waals surface area contributed by atoms with Crippen LogP contribution in [0.4, 0.5) is 0 Å². The summed E-state index contributed by atoms with van der Waals surface area (Å²) >= 11 is 1.46. The molecule has 0 spiro atoms. The Labute approximate surface area is 116 Å². The summed E-state index contributed by atoms with van der Waals surface area (Å²) in [6.07, 6.45) is 1.88. The Hall–Kier alpha value is -1.53. The van der Waals surface area contributed by atoms with Gasteiger partial charge >= 0.3 is 5.97 Å². The van der Waals surface area contributed by atoms with Crippen molar-refractivity contribution in [1.29, 1.82) is 0 Å². The molecular formula is C13H17NO4S. The van der Waals surface area contributed by atoms with Crippen molar-refractivity contribution in [3.63, 3.8) is 0 Å². The van der Waals surface area contributed by atoms with E-state index in [1.165, 1.54) is 23.8 Å². The van der Waals surface area contributed by atoms with Gasteiger partial charge in [0.15, 0.2) is 0 Å². The highest BCUT2D eigenvalue weighted by atomic mass is 32.2. The maximum atomic E-state index is 12.4. The molecule has 1 N–H and O–H groups in total. The van der Waals surface area contributed by atoms with Crippen LogP contribution in [-0.4, -0.2) is 54.9 Å². The molecule has 0 aromatic heterocycles. The molecule has 1 aromatic rings. The highest BCUT2D eigenvalue weighted by Gasteiger charge is 2.20. The molecule has 19 heavy (non-hydrogen) atoms. The third-order valence-corrected chi connectivity index (χ3v) is 3.31. The molecule has 1 rings (SSSR count). The maximum Gasteiger partial charge on any atom is 0.323 e. The minimum atomic E-state index is -1.04. The van der Waals surface area contributed by atoms with Crippen LogP contribution in [0.25, 0.3) is 0 Å². The topological polar surface area (TPSA) is 66.8 Å². The van der Waals surface area contributed by atoms with E-state index in [2.05, 4.69) is 0 Å². The fourth-order valence-electron chi connectivity index (χ4n) is 1.61. The molecule has 0 aliphatic heterocycles. The highest BCUT2D eigenvalue weighted by Crippen LogP contribution is 2.21. The molecule has 1 aromatic carbocycles. The van der Waals surface area contributed by atoms with Crippen LogP contribution in [-0.2, 0) is 9.53 Å². The lowest BCUT2D eigenvalue weighted by molar-refractivity contribution is -0.137. The summed E-state index contributed by atoms with van der Waals surface area (Å²) in [4.78, 5) is 25.3. The predicted molar refractivity (Wildman–Crippen MR) is 73.6 cm³/mol. The van der Waals surface area contributed by atoms with E-state index in [1.807, 2.05) is 18.4 Å². The zero-order valence-electron chi connectivity index (χ0n) is 11.0. The van der Waals surface area contributed by atoms with Gasteiger partial charge in [-0.25, -0.2) is 0 Å². The lowest BCUT2D eigenvalue weighted by atomic mass is 10.2. The molecule has 0 aliphatic rings. The molecule has 0 heterocycles. The number of aliphatic carboxylic acids is 1. The fraction of sp³-hybridized carbons (Fsp3) is 0.385. The molecule has 0 atom stereocenters. The number of thioether (sulfide) groups is 1. The molecule has 0 unspecified atom stereocenters. The van der Waals surface area contributed by atoms with Gasteiger partial charge in [0.1, 0.15) is 6.54 Å². The second-order valence-electron chi connectivity index (χ2n) is 3.81. The van der Waals surface area contributed by atoms with Gasteiger partial charge in [-0.1, -0.05) is 12.1 Å². The number of benzene rings is 1. The number of carbonyl (C=O) groups excluding carboxylic acids is 1. The SMILES string of the molecule is COCCN(CC(=O)O)C(=O)c1ccccc1SC. The first-order valence-corrected chi connectivity index (χ1v) is 6.95. The Morgan fingerprint density at radius 1 is 1.37 bits per heavy atom. The summed E-state index contributed by atoms with van der Waals surface area (Å²) in [7, 11) is 1.51. The van der Waals surface area contributed by atoms with Crippen LogP contribution in [0.2, 0.25) is 0 Å². The van der Waals surface area contributed by atoms with Crippen LogP contribution in [0.3, 0.4) is 0 Å². The Bertz CT molecular complexity index is 450. The number of hydrogen-bond acceptors (Lipinski definition) is 4. The van der Waals surface area contributed by atoms with Gasteiger partial charge in [0, 0.05) is 18.6 Å². The quantitative estimate of drug-likeness (QED) is 0.770. The van der Waals surface area contributed by atoms with Gasteiger partial charge < -0.3 is 14.7 Å². The molecule has 1 amide bonds. The number of ether oxygens (including phenoxy) is 1. The van der Waals surface area contributed by atoms with E-state index in [4.69, 9.17) is 9.84 Å². The minimum Gasteiger partial charge on any atom is -0.480 e. The van der Waals surface area contributed by atoms with Crippen molar-refractivity contribution in [2.24, 2.45) is 0 Å². The van der Waals surface area contributed by atoms with E-state index in [0.29, 0.717) is 12.2 Å². The monoisotopic (exact) mass is 283 g/mol. The zero-order chi connectivity index (χ0) is 14.3. The van der Waals surface area contributed by atoms with Gasteiger partial charge in [-0.05, 0) is 18.4 Å². The molecule has 0 saturated carbocycles. The number of nitrogens with zero attached hydrogens (tertiary/aromatic N) is 1. The maximum absolute atomic E-state index is 12.4. The normalized spacial score (nSPS) is 10.2. The summed E-state index contributed by atoms with van der Waals surface area (Å²) in [5.74, 6) is -1.32. The van der Waals surface area contributed by atoms with E-state index in [9.17, 15) is 9.59 Å². The largest absolute Gasteiger partial charge is 0.480 e. The Balaban J connectivity index is 2.93. The third-order valence-electron chi connectivity index (χ3n) is 2.52. The van der Waals surface area contributed by atoms with Crippen LogP contribution >= 0.6 is 11.8 Å². The second-order valence-corrected chi connectivity index (χ2v) is 4.66. The number of amides is 1. The summed E-state index contributed by atoms with van der Waals surface area (Å²) < 4.78 is 4.90. The fourth-order valence-corrected chi connectivity index (χ4v) is 2.20. The summed E-state index contributed by atoms with van der Waals surface area (Å²) in [5.41, 5.74) is 0.521.